The number of thiophene rings is 1. The van der Waals surface area contributed by atoms with E-state index in [9.17, 15) is 14.9 Å². The Morgan fingerprint density at radius 2 is 1.77 bits per heavy atom. The van der Waals surface area contributed by atoms with E-state index in [0.29, 0.717) is 29.0 Å². The number of carbonyl (C=O) groups is 2. The lowest BCUT2D eigenvalue weighted by Gasteiger charge is -2.09. The highest BCUT2D eigenvalue weighted by molar-refractivity contribution is 7.14. The summed E-state index contributed by atoms with van der Waals surface area (Å²) in [5, 5.41) is 12.6. The molecule has 0 aliphatic carbocycles. The van der Waals surface area contributed by atoms with Gasteiger partial charge in [-0.25, -0.2) is 4.79 Å². The van der Waals surface area contributed by atoms with Gasteiger partial charge in [0, 0.05) is 23.9 Å². The number of hydrogen-bond donors (Lipinski definition) is 1. The molecule has 5 nitrogen and oxygen atoms in total. The zero-order valence-corrected chi connectivity index (χ0v) is 18.6. The normalized spacial score (nSPS) is 10.4. The summed E-state index contributed by atoms with van der Waals surface area (Å²) in [6, 6.07) is 18.1. The fraction of sp³-hybridized carbons (Fsp3) is 0.240. The van der Waals surface area contributed by atoms with Crippen LogP contribution in [0.1, 0.15) is 46.4 Å². The second-order valence-electron chi connectivity index (χ2n) is 6.98. The lowest BCUT2D eigenvalue weighted by atomic mass is 9.96. The van der Waals surface area contributed by atoms with Crippen molar-refractivity contribution in [3.05, 3.63) is 69.4 Å². The van der Waals surface area contributed by atoms with Crippen molar-refractivity contribution in [2.45, 2.75) is 33.7 Å². The summed E-state index contributed by atoms with van der Waals surface area (Å²) in [7, 11) is 0. The Balaban J connectivity index is 1.98. The summed E-state index contributed by atoms with van der Waals surface area (Å²) < 4.78 is 5.23. The maximum Gasteiger partial charge on any atom is 0.348 e. The van der Waals surface area contributed by atoms with Crippen LogP contribution in [0, 0.1) is 11.3 Å². The van der Waals surface area contributed by atoms with Crippen LogP contribution in [-0.4, -0.2) is 18.5 Å². The van der Waals surface area contributed by atoms with Crippen LogP contribution in [0.25, 0.3) is 22.3 Å². The van der Waals surface area contributed by atoms with Crippen LogP contribution in [0.5, 0.6) is 0 Å². The number of amides is 1. The number of carbonyl (C=O) groups excluding carboxylic acids is 2. The third kappa shape index (κ3) is 5.01. The van der Waals surface area contributed by atoms with Crippen LogP contribution >= 0.6 is 11.3 Å². The van der Waals surface area contributed by atoms with Gasteiger partial charge in [0.15, 0.2) is 0 Å². The molecule has 0 saturated heterocycles. The Labute approximate surface area is 186 Å². The average molecular weight is 433 g/mol. The van der Waals surface area contributed by atoms with Gasteiger partial charge in [-0.1, -0.05) is 49.4 Å². The number of hydrogen-bond acceptors (Lipinski definition) is 5. The first kappa shape index (κ1) is 22.3. The number of aryl methyl sites for hydroxylation is 1. The van der Waals surface area contributed by atoms with E-state index in [4.69, 9.17) is 4.74 Å². The van der Waals surface area contributed by atoms with Crippen molar-refractivity contribution in [1.82, 2.24) is 5.32 Å². The lowest BCUT2D eigenvalue weighted by molar-refractivity contribution is -0.119. The summed E-state index contributed by atoms with van der Waals surface area (Å²) in [6.07, 6.45) is 0.680. The van der Waals surface area contributed by atoms with Crippen molar-refractivity contribution in [2.24, 2.45) is 0 Å². The SMILES string of the molecule is CCOC(=O)c1sc(CC)c(C#N)c1-c1ccc(-c2cccc(CNC(C)=O)c2)cc1. The lowest BCUT2D eigenvalue weighted by Crippen LogP contribution is -2.18. The van der Waals surface area contributed by atoms with E-state index in [1.165, 1.54) is 18.3 Å². The molecule has 6 heteroatoms. The Morgan fingerprint density at radius 1 is 1.06 bits per heavy atom. The van der Waals surface area contributed by atoms with Crippen molar-refractivity contribution >= 4 is 23.2 Å². The van der Waals surface area contributed by atoms with Gasteiger partial charge in [-0.2, -0.15) is 5.26 Å². The minimum atomic E-state index is -0.395. The first-order valence-corrected chi connectivity index (χ1v) is 11.0. The molecule has 0 aliphatic heterocycles. The van der Waals surface area contributed by atoms with Gasteiger partial charge in [-0.3, -0.25) is 4.79 Å². The van der Waals surface area contributed by atoms with Gasteiger partial charge in [0.25, 0.3) is 0 Å². The molecule has 0 fully saturated rings. The molecule has 158 valence electrons. The van der Waals surface area contributed by atoms with Crippen LogP contribution in [0.15, 0.2) is 48.5 Å². The molecule has 31 heavy (non-hydrogen) atoms. The Hall–Kier alpha value is -3.43. The monoisotopic (exact) mass is 432 g/mol. The number of ether oxygens (including phenoxy) is 1. The highest BCUT2D eigenvalue weighted by atomic mass is 32.1. The van der Waals surface area contributed by atoms with E-state index in [-0.39, 0.29) is 12.5 Å². The fourth-order valence-electron chi connectivity index (χ4n) is 3.38. The molecular weight excluding hydrogens is 408 g/mol. The van der Waals surface area contributed by atoms with Gasteiger partial charge in [-0.15, -0.1) is 11.3 Å². The molecule has 0 saturated carbocycles. The van der Waals surface area contributed by atoms with E-state index in [1.807, 2.05) is 55.5 Å². The third-order valence-electron chi connectivity index (χ3n) is 4.85. The minimum Gasteiger partial charge on any atom is -0.462 e. The van der Waals surface area contributed by atoms with Gasteiger partial charge in [0.1, 0.15) is 10.9 Å². The van der Waals surface area contributed by atoms with Crippen molar-refractivity contribution in [3.8, 4) is 28.3 Å². The van der Waals surface area contributed by atoms with Crippen molar-refractivity contribution in [1.29, 1.82) is 5.26 Å². The van der Waals surface area contributed by atoms with E-state index in [1.54, 1.807) is 6.92 Å². The maximum absolute atomic E-state index is 12.5. The summed E-state index contributed by atoms with van der Waals surface area (Å²) >= 11 is 1.33. The molecule has 1 heterocycles. The Bertz CT molecular complexity index is 1140. The number of rotatable bonds is 7. The molecule has 1 N–H and O–H groups in total. The molecule has 0 radical (unpaired) electrons. The fourth-order valence-corrected chi connectivity index (χ4v) is 4.48. The van der Waals surface area contributed by atoms with Crippen LogP contribution in [0.3, 0.4) is 0 Å². The van der Waals surface area contributed by atoms with Crippen molar-refractivity contribution < 1.29 is 14.3 Å². The summed E-state index contributed by atoms with van der Waals surface area (Å²) in [5.41, 5.74) is 5.05. The van der Waals surface area contributed by atoms with Crippen LogP contribution in [0.4, 0.5) is 0 Å². The smallest absolute Gasteiger partial charge is 0.348 e. The first-order valence-electron chi connectivity index (χ1n) is 10.2. The molecular formula is C25H24N2O3S. The molecule has 0 unspecified atom stereocenters. The van der Waals surface area contributed by atoms with E-state index in [2.05, 4.69) is 11.4 Å². The second kappa shape index (κ2) is 10.1. The zero-order valence-electron chi connectivity index (χ0n) is 17.8. The molecule has 2 aromatic carbocycles. The first-order chi connectivity index (χ1) is 15.0. The quantitative estimate of drug-likeness (QED) is 0.512. The number of nitriles is 1. The summed E-state index contributed by atoms with van der Waals surface area (Å²) in [6.45, 7) is 6.00. The van der Waals surface area contributed by atoms with Gasteiger partial charge in [0.05, 0.1) is 12.2 Å². The molecule has 1 aromatic heterocycles. The summed E-state index contributed by atoms with van der Waals surface area (Å²) in [5.74, 6) is -0.462. The number of benzene rings is 2. The molecule has 1 amide bonds. The van der Waals surface area contributed by atoms with Gasteiger partial charge < -0.3 is 10.1 Å². The van der Waals surface area contributed by atoms with Crippen molar-refractivity contribution in [2.75, 3.05) is 6.61 Å². The third-order valence-corrected chi connectivity index (χ3v) is 6.16. The second-order valence-corrected chi connectivity index (χ2v) is 8.08. The number of nitrogens with one attached hydrogen (secondary N) is 1. The van der Waals surface area contributed by atoms with E-state index >= 15 is 0 Å². The number of esters is 1. The molecule has 0 aliphatic rings. The van der Waals surface area contributed by atoms with Crippen LogP contribution in [-0.2, 0) is 22.5 Å². The van der Waals surface area contributed by atoms with Crippen LogP contribution < -0.4 is 5.32 Å². The summed E-state index contributed by atoms with van der Waals surface area (Å²) in [4.78, 5) is 25.0. The van der Waals surface area contributed by atoms with Crippen LogP contribution in [0.2, 0.25) is 0 Å². The van der Waals surface area contributed by atoms with Gasteiger partial charge in [0.2, 0.25) is 5.91 Å². The molecule has 0 bridgehead atoms. The predicted octanol–water partition coefficient (Wildman–Crippen LogP) is 5.33. The van der Waals surface area contributed by atoms with Gasteiger partial charge >= 0.3 is 5.97 Å². The molecule has 3 aromatic rings. The highest BCUT2D eigenvalue weighted by Gasteiger charge is 2.24. The maximum atomic E-state index is 12.5. The topological polar surface area (TPSA) is 79.2 Å². The molecule has 0 atom stereocenters. The Kier molecular flexibility index (Phi) is 7.22. The predicted molar refractivity (Wildman–Crippen MR) is 123 cm³/mol. The van der Waals surface area contributed by atoms with E-state index in [0.717, 1.165) is 27.1 Å². The Morgan fingerprint density at radius 3 is 2.39 bits per heavy atom. The zero-order chi connectivity index (χ0) is 22.4. The standard InChI is InChI=1S/C25H24N2O3S/c1-4-22-21(14-26)23(24(31-22)25(29)30-5-2)19-11-9-18(10-12-19)20-8-6-7-17(13-20)15-27-16(3)28/h6-13H,4-5,15H2,1-3H3,(H,27,28). The molecule has 3 rings (SSSR count). The largest absolute Gasteiger partial charge is 0.462 e. The number of nitrogens with zero attached hydrogens (tertiary/aromatic N) is 1. The van der Waals surface area contributed by atoms with Crippen molar-refractivity contribution in [3.63, 3.8) is 0 Å². The highest BCUT2D eigenvalue weighted by Crippen LogP contribution is 2.38. The van der Waals surface area contributed by atoms with E-state index < -0.39 is 5.97 Å². The molecule has 0 spiro atoms. The van der Waals surface area contributed by atoms with Gasteiger partial charge in [-0.05, 0) is 41.7 Å². The minimum absolute atomic E-state index is 0.0670. The average Bonchev–Trinajstić information content (AvgIpc) is 3.17.